The van der Waals surface area contributed by atoms with Crippen LogP contribution in [0.15, 0.2) is 12.1 Å². The van der Waals surface area contributed by atoms with E-state index in [2.05, 4.69) is 61.0 Å². The number of ether oxygens (including phenoxy) is 1. The molecule has 122 valence electrons. The van der Waals surface area contributed by atoms with Gasteiger partial charge in [0, 0.05) is 34.8 Å². The van der Waals surface area contributed by atoms with E-state index in [1.54, 1.807) is 0 Å². The molecule has 4 nitrogen and oxygen atoms in total. The van der Waals surface area contributed by atoms with Crippen molar-refractivity contribution in [1.82, 2.24) is 9.80 Å². The number of hydrogen-bond donors (Lipinski definition) is 1. The summed E-state index contributed by atoms with van der Waals surface area (Å²) in [5, 5.41) is 10.2. The van der Waals surface area contributed by atoms with E-state index in [1.165, 1.54) is 16.4 Å². The van der Waals surface area contributed by atoms with Crippen LogP contribution in [-0.4, -0.2) is 60.3 Å². The molecule has 2 saturated heterocycles. The Morgan fingerprint density at radius 3 is 2.45 bits per heavy atom. The third kappa shape index (κ3) is 4.25. The molecule has 3 rings (SSSR count). The molecule has 0 bridgehead atoms. The maximum Gasteiger partial charge on any atom is 0.133 e. The van der Waals surface area contributed by atoms with Crippen molar-refractivity contribution in [2.24, 2.45) is 0 Å². The van der Waals surface area contributed by atoms with Crippen LogP contribution < -0.4 is 0 Å². The average Bonchev–Trinajstić information content (AvgIpc) is 2.54. The average molecular weight is 528 g/mol. The summed E-state index contributed by atoms with van der Waals surface area (Å²) < 4.78 is 7.58. The number of likely N-dealkylation sites (tertiary alicyclic amines) is 1. The van der Waals surface area contributed by atoms with Gasteiger partial charge in [0.1, 0.15) is 5.75 Å². The normalized spacial score (nSPS) is 22.1. The van der Waals surface area contributed by atoms with Gasteiger partial charge in [0.15, 0.2) is 0 Å². The molecule has 2 heterocycles. The summed E-state index contributed by atoms with van der Waals surface area (Å²) >= 11 is 4.53. The van der Waals surface area contributed by atoms with Crippen molar-refractivity contribution in [3.63, 3.8) is 0 Å². The first kappa shape index (κ1) is 17.2. The van der Waals surface area contributed by atoms with Gasteiger partial charge in [-0.3, -0.25) is 9.80 Å². The Bertz CT molecular complexity index is 513. The Morgan fingerprint density at radius 2 is 1.77 bits per heavy atom. The molecular formula is C16H22I2N2O2. The number of phenolic OH excluding ortho intramolecular Hbond substituents is 1. The van der Waals surface area contributed by atoms with Crippen LogP contribution in [0, 0.1) is 7.14 Å². The van der Waals surface area contributed by atoms with Gasteiger partial charge < -0.3 is 9.84 Å². The summed E-state index contributed by atoms with van der Waals surface area (Å²) in [5.41, 5.74) is 1.06. The fourth-order valence-electron chi connectivity index (χ4n) is 3.37. The quantitative estimate of drug-likeness (QED) is 0.613. The Balaban J connectivity index is 1.56. The SMILES string of the molecule is Oc1c(I)cc(I)cc1CN1CCC(N2CCOCC2)CC1. The Kier molecular flexibility index (Phi) is 6.22. The van der Waals surface area contributed by atoms with Crippen molar-refractivity contribution in [1.29, 1.82) is 0 Å². The smallest absolute Gasteiger partial charge is 0.133 e. The van der Waals surface area contributed by atoms with Crippen molar-refractivity contribution >= 4 is 45.2 Å². The first-order valence-electron chi connectivity index (χ1n) is 7.84. The van der Waals surface area contributed by atoms with Gasteiger partial charge in [-0.05, 0) is 83.2 Å². The van der Waals surface area contributed by atoms with Gasteiger partial charge in [-0.1, -0.05) is 0 Å². The second-order valence-corrected chi connectivity index (χ2v) is 8.46. The zero-order valence-electron chi connectivity index (χ0n) is 12.6. The lowest BCUT2D eigenvalue weighted by molar-refractivity contribution is 0.000178. The molecule has 2 aliphatic rings. The van der Waals surface area contributed by atoms with Crippen LogP contribution in [-0.2, 0) is 11.3 Å². The zero-order valence-corrected chi connectivity index (χ0v) is 16.9. The van der Waals surface area contributed by atoms with Gasteiger partial charge in [-0.15, -0.1) is 0 Å². The minimum absolute atomic E-state index is 0.455. The van der Waals surface area contributed by atoms with E-state index in [0.29, 0.717) is 11.8 Å². The summed E-state index contributed by atoms with van der Waals surface area (Å²) in [6.45, 7) is 7.02. The van der Waals surface area contributed by atoms with Crippen LogP contribution in [0.5, 0.6) is 5.75 Å². The number of rotatable bonds is 3. The maximum atomic E-state index is 10.2. The van der Waals surface area contributed by atoms with Gasteiger partial charge in [0.2, 0.25) is 0 Å². The molecule has 6 heteroatoms. The highest BCUT2D eigenvalue weighted by Gasteiger charge is 2.26. The summed E-state index contributed by atoms with van der Waals surface area (Å²) in [7, 11) is 0. The van der Waals surface area contributed by atoms with Crippen LogP contribution >= 0.6 is 45.2 Å². The van der Waals surface area contributed by atoms with E-state index < -0.39 is 0 Å². The number of piperidine rings is 1. The van der Waals surface area contributed by atoms with Crippen LogP contribution in [0.2, 0.25) is 0 Å². The fraction of sp³-hybridized carbons (Fsp3) is 0.625. The molecule has 0 radical (unpaired) electrons. The third-order valence-corrected chi connectivity index (χ3v) is 6.07. The number of halogens is 2. The Hall–Kier alpha value is 0.360. The van der Waals surface area contributed by atoms with Crippen LogP contribution in [0.4, 0.5) is 0 Å². The Labute approximate surface area is 159 Å². The molecule has 2 fully saturated rings. The predicted octanol–water partition coefficient (Wildman–Crippen LogP) is 2.90. The highest BCUT2D eigenvalue weighted by Crippen LogP contribution is 2.29. The summed E-state index contributed by atoms with van der Waals surface area (Å²) in [6, 6.07) is 4.83. The molecule has 0 aromatic heterocycles. The number of hydrogen-bond acceptors (Lipinski definition) is 4. The largest absolute Gasteiger partial charge is 0.507 e. The van der Waals surface area contributed by atoms with Crippen molar-refractivity contribution in [2.45, 2.75) is 25.4 Å². The molecule has 1 aromatic rings. The lowest BCUT2D eigenvalue weighted by atomic mass is 10.0. The minimum atomic E-state index is 0.455. The first-order valence-corrected chi connectivity index (χ1v) is 10.0. The molecule has 1 aromatic carbocycles. The highest BCUT2D eigenvalue weighted by atomic mass is 127. The fourth-order valence-corrected chi connectivity index (χ4v) is 5.33. The van der Waals surface area contributed by atoms with Crippen LogP contribution in [0.1, 0.15) is 18.4 Å². The van der Waals surface area contributed by atoms with E-state index in [0.717, 1.165) is 55.1 Å². The third-order valence-electron chi connectivity index (χ3n) is 4.62. The molecule has 0 amide bonds. The van der Waals surface area contributed by atoms with E-state index in [-0.39, 0.29) is 0 Å². The van der Waals surface area contributed by atoms with Crippen molar-refractivity contribution in [3.8, 4) is 5.75 Å². The number of benzene rings is 1. The van der Waals surface area contributed by atoms with Crippen molar-refractivity contribution in [3.05, 3.63) is 24.8 Å². The van der Waals surface area contributed by atoms with Gasteiger partial charge in [-0.25, -0.2) is 0 Å². The molecule has 1 N–H and O–H groups in total. The predicted molar refractivity (Wildman–Crippen MR) is 104 cm³/mol. The molecule has 0 saturated carbocycles. The highest BCUT2D eigenvalue weighted by molar-refractivity contribution is 14.1. The molecule has 0 aliphatic carbocycles. The minimum Gasteiger partial charge on any atom is -0.507 e. The van der Waals surface area contributed by atoms with Crippen molar-refractivity contribution < 1.29 is 9.84 Å². The monoisotopic (exact) mass is 528 g/mol. The maximum absolute atomic E-state index is 10.2. The molecule has 22 heavy (non-hydrogen) atoms. The van der Waals surface area contributed by atoms with Crippen LogP contribution in [0.3, 0.4) is 0 Å². The molecular weight excluding hydrogens is 506 g/mol. The van der Waals surface area contributed by atoms with E-state index in [4.69, 9.17) is 4.74 Å². The molecule has 0 spiro atoms. The summed E-state index contributed by atoms with van der Waals surface area (Å²) in [4.78, 5) is 5.06. The standard InChI is InChI=1S/C16H22I2N2O2/c17-13-9-12(16(21)15(18)10-13)11-19-3-1-14(2-4-19)20-5-7-22-8-6-20/h9-10,14,21H,1-8,11H2. The second-order valence-electron chi connectivity index (χ2n) is 6.05. The van der Waals surface area contributed by atoms with Crippen LogP contribution in [0.25, 0.3) is 0 Å². The zero-order chi connectivity index (χ0) is 15.5. The van der Waals surface area contributed by atoms with Gasteiger partial charge in [0.25, 0.3) is 0 Å². The molecule has 0 atom stereocenters. The van der Waals surface area contributed by atoms with Crippen molar-refractivity contribution in [2.75, 3.05) is 39.4 Å². The topological polar surface area (TPSA) is 35.9 Å². The van der Waals surface area contributed by atoms with Gasteiger partial charge in [0.05, 0.1) is 16.8 Å². The Morgan fingerprint density at radius 1 is 1.09 bits per heavy atom. The van der Waals surface area contributed by atoms with E-state index in [1.807, 2.05) is 6.07 Å². The summed E-state index contributed by atoms with van der Waals surface area (Å²) in [5.74, 6) is 0.455. The number of nitrogens with zero attached hydrogens (tertiary/aromatic N) is 2. The van der Waals surface area contributed by atoms with Gasteiger partial charge >= 0.3 is 0 Å². The van der Waals surface area contributed by atoms with E-state index >= 15 is 0 Å². The number of phenols is 1. The lowest BCUT2D eigenvalue weighted by Gasteiger charge is -2.40. The number of morpholine rings is 1. The first-order chi connectivity index (χ1) is 10.6. The van der Waals surface area contributed by atoms with Gasteiger partial charge in [-0.2, -0.15) is 0 Å². The molecule has 2 aliphatic heterocycles. The number of aromatic hydroxyl groups is 1. The second kappa shape index (κ2) is 7.96. The lowest BCUT2D eigenvalue weighted by Crippen LogP contribution is -2.48. The molecule has 0 unspecified atom stereocenters. The van der Waals surface area contributed by atoms with E-state index in [9.17, 15) is 5.11 Å². The summed E-state index contributed by atoms with van der Waals surface area (Å²) in [6.07, 6.45) is 2.45.